The van der Waals surface area contributed by atoms with Gasteiger partial charge in [0.05, 0.1) is 12.5 Å². The van der Waals surface area contributed by atoms with Crippen LogP contribution < -0.4 is 0 Å². The van der Waals surface area contributed by atoms with Crippen LogP contribution in [0, 0.1) is 36.3 Å². The Morgan fingerprint density at radius 1 is 0.975 bits per heavy atom. The Morgan fingerprint density at radius 3 is 2.15 bits per heavy atom. The molecule has 0 N–H and O–H groups in total. The molecule has 4 fully saturated rings. The summed E-state index contributed by atoms with van der Waals surface area (Å²) in [5.41, 5.74) is 0.0126. The summed E-state index contributed by atoms with van der Waals surface area (Å²) < 4.78 is 73.3. The van der Waals surface area contributed by atoms with Crippen molar-refractivity contribution in [2.75, 3.05) is 39.3 Å². The Morgan fingerprint density at radius 2 is 1.57 bits per heavy atom. The van der Waals surface area contributed by atoms with Crippen LogP contribution in [0.5, 0.6) is 0 Å². The number of hydrogen-bond donors (Lipinski definition) is 0. The number of hydrogen-bond acceptors (Lipinski definition) is 4. The molecule has 4 aliphatic rings. The van der Waals surface area contributed by atoms with Gasteiger partial charge in [-0.05, 0) is 69.1 Å². The van der Waals surface area contributed by atoms with Crippen molar-refractivity contribution in [2.24, 2.45) is 17.8 Å². The first-order valence-electron chi connectivity index (χ1n) is 14.4. The zero-order valence-corrected chi connectivity index (χ0v) is 22.9. The van der Waals surface area contributed by atoms with Gasteiger partial charge in [0.25, 0.3) is 0 Å². The van der Waals surface area contributed by atoms with Crippen LogP contribution in [0.2, 0.25) is 0 Å². The summed E-state index contributed by atoms with van der Waals surface area (Å²) in [7, 11) is 0. The minimum atomic E-state index is -4.19. The average Bonchev–Trinajstić information content (AvgIpc) is 3.21. The van der Waals surface area contributed by atoms with Crippen molar-refractivity contribution >= 4 is 12.0 Å². The number of halogens is 5. The fourth-order valence-corrected chi connectivity index (χ4v) is 6.91. The van der Waals surface area contributed by atoms with Gasteiger partial charge in [0.2, 0.25) is 5.91 Å². The highest BCUT2D eigenvalue weighted by atomic mass is 19.4. The highest BCUT2D eigenvalue weighted by Gasteiger charge is 2.48. The second-order valence-electron chi connectivity index (χ2n) is 12.3. The Hall–Kier alpha value is -2.43. The van der Waals surface area contributed by atoms with Gasteiger partial charge < -0.3 is 14.5 Å². The van der Waals surface area contributed by atoms with Crippen molar-refractivity contribution in [3.63, 3.8) is 0 Å². The Kier molecular flexibility index (Phi) is 8.32. The van der Waals surface area contributed by atoms with Gasteiger partial charge in [0.1, 0.15) is 17.2 Å². The molecule has 3 heterocycles. The number of nitrogens with zero attached hydrogens (tertiary/aromatic N) is 3. The van der Waals surface area contributed by atoms with Gasteiger partial charge >= 0.3 is 12.3 Å². The van der Waals surface area contributed by atoms with E-state index in [1.807, 2.05) is 4.90 Å². The van der Waals surface area contributed by atoms with E-state index in [1.54, 1.807) is 16.7 Å². The maximum atomic E-state index is 14.3. The molecule has 5 rings (SSSR count). The molecule has 6 nitrogen and oxygen atoms in total. The first kappa shape index (κ1) is 29.1. The number of aryl methyl sites for hydroxylation is 1. The van der Waals surface area contributed by atoms with E-state index in [9.17, 15) is 31.5 Å². The zero-order valence-electron chi connectivity index (χ0n) is 22.9. The number of likely N-dealkylation sites (tertiary alicyclic amines) is 2. The summed E-state index contributed by atoms with van der Waals surface area (Å²) in [6.45, 7) is 4.34. The second-order valence-corrected chi connectivity index (χ2v) is 12.3. The molecule has 222 valence electrons. The number of piperidine rings is 2. The van der Waals surface area contributed by atoms with Gasteiger partial charge in [-0.15, -0.1) is 0 Å². The van der Waals surface area contributed by atoms with Crippen LogP contribution >= 0.6 is 0 Å². The van der Waals surface area contributed by atoms with E-state index in [-0.39, 0.29) is 61.9 Å². The lowest BCUT2D eigenvalue weighted by atomic mass is 9.80. The van der Waals surface area contributed by atoms with Crippen molar-refractivity contribution < 1.29 is 36.3 Å². The molecule has 1 spiro atoms. The number of carbonyl (C=O) groups excluding carboxylic acids is 2. The fourth-order valence-electron chi connectivity index (χ4n) is 6.91. The molecule has 0 unspecified atom stereocenters. The lowest BCUT2D eigenvalue weighted by Crippen LogP contribution is -2.47. The van der Waals surface area contributed by atoms with E-state index in [2.05, 4.69) is 0 Å². The second kappa shape index (κ2) is 11.4. The van der Waals surface area contributed by atoms with Crippen LogP contribution in [-0.2, 0) is 16.1 Å². The number of rotatable bonds is 5. The maximum Gasteiger partial charge on any atom is 0.410 e. The van der Waals surface area contributed by atoms with Crippen molar-refractivity contribution in [1.82, 2.24) is 14.7 Å². The largest absolute Gasteiger partial charge is 0.441 e. The molecule has 11 heteroatoms. The van der Waals surface area contributed by atoms with E-state index >= 15 is 0 Å². The minimum absolute atomic E-state index is 0.0269. The summed E-state index contributed by atoms with van der Waals surface area (Å²) in [6, 6.07) is 2.67. The van der Waals surface area contributed by atoms with Crippen LogP contribution in [0.15, 0.2) is 12.1 Å². The topological polar surface area (TPSA) is 53.1 Å². The van der Waals surface area contributed by atoms with Crippen molar-refractivity contribution in [3.8, 4) is 0 Å². The van der Waals surface area contributed by atoms with Gasteiger partial charge in [-0.1, -0.05) is 0 Å². The Bertz CT molecular complexity index is 1070. The Labute approximate surface area is 231 Å². The van der Waals surface area contributed by atoms with Crippen LogP contribution in [0.3, 0.4) is 0 Å². The van der Waals surface area contributed by atoms with Gasteiger partial charge in [0, 0.05) is 63.6 Å². The van der Waals surface area contributed by atoms with E-state index in [1.165, 1.54) is 12.1 Å². The molecular weight excluding hydrogens is 533 g/mol. The maximum absolute atomic E-state index is 14.3. The summed E-state index contributed by atoms with van der Waals surface area (Å²) >= 11 is 0. The number of carbonyl (C=O) groups is 2. The van der Waals surface area contributed by atoms with Crippen LogP contribution in [0.4, 0.5) is 26.7 Å². The quantitative estimate of drug-likeness (QED) is 0.428. The van der Waals surface area contributed by atoms with Crippen molar-refractivity contribution in [1.29, 1.82) is 0 Å². The third kappa shape index (κ3) is 6.39. The van der Waals surface area contributed by atoms with Crippen LogP contribution in [0.25, 0.3) is 0 Å². The molecule has 40 heavy (non-hydrogen) atoms. The first-order valence-corrected chi connectivity index (χ1v) is 14.4. The number of alkyl halides is 3. The summed E-state index contributed by atoms with van der Waals surface area (Å²) in [6.07, 6.45) is -0.471. The van der Waals surface area contributed by atoms with Gasteiger partial charge in [-0.25, -0.2) is 13.6 Å². The molecule has 0 bridgehead atoms. The number of benzene rings is 1. The van der Waals surface area contributed by atoms with Gasteiger partial charge in [0.15, 0.2) is 0 Å². The highest BCUT2D eigenvalue weighted by Crippen LogP contribution is 2.38. The van der Waals surface area contributed by atoms with Crippen molar-refractivity contribution in [3.05, 3.63) is 34.9 Å². The highest BCUT2D eigenvalue weighted by molar-refractivity contribution is 5.79. The molecule has 1 aromatic carbocycles. The third-order valence-corrected chi connectivity index (χ3v) is 9.42. The van der Waals surface area contributed by atoms with E-state index < -0.39 is 29.3 Å². The van der Waals surface area contributed by atoms with Gasteiger partial charge in [-0.2, -0.15) is 13.2 Å². The Balaban J connectivity index is 1.06. The van der Waals surface area contributed by atoms with Crippen LogP contribution in [-0.4, -0.2) is 77.7 Å². The molecule has 3 aliphatic heterocycles. The molecule has 0 aromatic heterocycles. The molecule has 2 amide bonds. The molecular formula is C29H38F5N3O3. The fraction of sp³-hybridized carbons (Fsp3) is 0.724. The average molecular weight is 572 g/mol. The van der Waals surface area contributed by atoms with Gasteiger partial charge in [-0.3, -0.25) is 9.69 Å². The van der Waals surface area contributed by atoms with Crippen molar-refractivity contribution in [2.45, 2.75) is 76.6 Å². The number of amides is 2. The molecule has 3 saturated heterocycles. The summed E-state index contributed by atoms with van der Waals surface area (Å²) in [5, 5.41) is 0. The molecule has 0 atom stereocenters. The zero-order chi connectivity index (χ0) is 28.7. The normalized spacial score (nSPS) is 26.4. The minimum Gasteiger partial charge on any atom is -0.441 e. The predicted molar refractivity (Wildman–Crippen MR) is 137 cm³/mol. The lowest BCUT2D eigenvalue weighted by Gasteiger charge is -2.38. The number of ether oxygens (including phenoxy) is 1. The van der Waals surface area contributed by atoms with E-state index in [0.29, 0.717) is 57.4 Å². The molecule has 0 radical (unpaired) electrons. The smallest absolute Gasteiger partial charge is 0.410 e. The van der Waals surface area contributed by atoms with Crippen LogP contribution in [0.1, 0.15) is 62.5 Å². The molecule has 1 aromatic rings. The predicted octanol–water partition coefficient (Wildman–Crippen LogP) is 5.67. The molecule has 1 saturated carbocycles. The van der Waals surface area contributed by atoms with E-state index in [0.717, 1.165) is 12.8 Å². The van der Waals surface area contributed by atoms with E-state index in [4.69, 9.17) is 4.74 Å². The SMILES string of the molecule is Cc1cc(F)c(CN2CCC3(CC2)CN(CC2CCC(C(=O)N4CCC(C(F)(F)F)CC4)CC2)C(=O)O3)c(F)c1. The third-order valence-electron chi connectivity index (χ3n) is 9.42. The first-order chi connectivity index (χ1) is 18.9. The standard InChI is InChI=1S/C29H38F5N3O3/c1-19-14-24(30)23(25(31)15-19)17-35-12-8-28(9-13-35)18-37(27(39)40-28)16-20-2-4-21(5-3-20)26(38)36-10-6-22(7-11-36)29(32,33)34/h14-15,20-22H,2-13,16-18H2,1H3. The molecule has 1 aliphatic carbocycles. The summed E-state index contributed by atoms with van der Waals surface area (Å²) in [4.78, 5) is 31.0. The lowest BCUT2D eigenvalue weighted by molar-refractivity contribution is -0.187. The monoisotopic (exact) mass is 571 g/mol. The summed E-state index contributed by atoms with van der Waals surface area (Å²) in [5.74, 6) is -2.35.